The Hall–Kier alpha value is -3.10. The van der Waals surface area contributed by atoms with Crippen molar-refractivity contribution >= 4 is 69.3 Å². The molecule has 3 nitrogen and oxygen atoms in total. The average Bonchev–Trinajstić information content (AvgIpc) is 4.22. The average molecular weight is 1030 g/mol. The van der Waals surface area contributed by atoms with Crippen LogP contribution in [0.3, 0.4) is 0 Å². The molecule has 6 rings (SSSR count). The van der Waals surface area contributed by atoms with Gasteiger partial charge in [-0.25, -0.2) is 0 Å². The largest absolute Gasteiger partial charge is 0.274 e. The summed E-state index contributed by atoms with van der Waals surface area (Å²) in [5.74, 6) is -0.251. The minimum absolute atomic E-state index is 0.125. The monoisotopic (exact) mass is 1030 g/mol. The normalized spacial score (nSPS) is 12.7. The standard InChI is InChI=1S/C64H91NO2S4/c1-6-9-12-15-18-21-24-27-30-33-36-51-47-50(5)69-55(51)42-43-56-52(37-34-31-28-25-22-19-16-13-10-7-2)48-60(70-56)59-45-44-58(71-59)54-40-39-53(57-41-38-49(4)68-57)61-62(54)64(67)65(63(61)66)46-35-32-29-26-23-20-17-14-11-8-3/h38-45,47-48H,6-37,46H2,1-5H3/b43-42+. The third-order valence-electron chi connectivity index (χ3n) is 14.8. The summed E-state index contributed by atoms with van der Waals surface area (Å²) in [6, 6.07) is 17.8. The van der Waals surface area contributed by atoms with E-state index in [0.29, 0.717) is 17.7 Å². The van der Waals surface area contributed by atoms with Gasteiger partial charge in [0.2, 0.25) is 0 Å². The Kier molecular flexibility index (Phi) is 26.0. The molecule has 71 heavy (non-hydrogen) atoms. The summed E-state index contributed by atoms with van der Waals surface area (Å²) in [7, 11) is 0. The van der Waals surface area contributed by atoms with Crippen LogP contribution < -0.4 is 0 Å². The summed E-state index contributed by atoms with van der Waals surface area (Å²) in [6.45, 7) is 11.7. The first-order valence-electron chi connectivity index (χ1n) is 28.9. The summed E-state index contributed by atoms with van der Waals surface area (Å²) in [5, 5.41) is 0. The van der Waals surface area contributed by atoms with Gasteiger partial charge >= 0.3 is 0 Å². The van der Waals surface area contributed by atoms with Gasteiger partial charge in [-0.05, 0) is 106 Å². The number of hydrogen-bond acceptors (Lipinski definition) is 6. The van der Waals surface area contributed by atoms with Crippen LogP contribution in [-0.4, -0.2) is 23.3 Å². The molecule has 0 unspecified atom stereocenters. The van der Waals surface area contributed by atoms with Gasteiger partial charge in [-0.2, -0.15) is 0 Å². The summed E-state index contributed by atoms with van der Waals surface area (Å²) in [4.78, 5) is 40.5. The summed E-state index contributed by atoms with van der Waals surface area (Å²) in [5.41, 5.74) is 5.94. The van der Waals surface area contributed by atoms with Gasteiger partial charge in [0.05, 0.1) is 11.1 Å². The Labute approximate surface area is 448 Å². The van der Waals surface area contributed by atoms with E-state index < -0.39 is 0 Å². The highest BCUT2D eigenvalue weighted by Crippen LogP contribution is 2.45. The molecule has 5 heterocycles. The van der Waals surface area contributed by atoms with Crippen LogP contribution in [-0.2, 0) is 12.8 Å². The molecular formula is C64H91NO2S4. The molecule has 1 aliphatic rings. The predicted octanol–water partition coefficient (Wildman–Crippen LogP) is 22.2. The van der Waals surface area contributed by atoms with Crippen LogP contribution in [0, 0.1) is 13.8 Å². The van der Waals surface area contributed by atoms with E-state index >= 15 is 0 Å². The van der Waals surface area contributed by atoms with E-state index in [1.54, 1.807) is 27.6 Å². The highest BCUT2D eigenvalue weighted by atomic mass is 32.1. The highest BCUT2D eigenvalue weighted by Gasteiger charge is 2.40. The van der Waals surface area contributed by atoms with Crippen molar-refractivity contribution in [3.63, 3.8) is 0 Å². The fourth-order valence-electron chi connectivity index (χ4n) is 10.6. The number of benzene rings is 1. The fraction of sp³-hybridized carbons (Fsp3) is 0.594. The Bertz CT molecular complexity index is 2350. The summed E-state index contributed by atoms with van der Waals surface area (Å²) < 4.78 is 0. The fourth-order valence-corrected chi connectivity index (χ4v) is 14.7. The minimum atomic E-state index is -0.125. The van der Waals surface area contributed by atoms with E-state index in [1.807, 2.05) is 22.7 Å². The molecular weight excluding hydrogens is 943 g/mol. The molecule has 0 N–H and O–H groups in total. The van der Waals surface area contributed by atoms with Crippen molar-refractivity contribution in [3.05, 3.63) is 90.3 Å². The van der Waals surface area contributed by atoms with Crippen molar-refractivity contribution in [2.24, 2.45) is 0 Å². The minimum Gasteiger partial charge on any atom is -0.274 e. The van der Waals surface area contributed by atoms with Crippen LogP contribution in [0.25, 0.3) is 42.8 Å². The van der Waals surface area contributed by atoms with Gasteiger partial charge in [-0.15, -0.1) is 45.3 Å². The molecule has 0 fully saturated rings. The van der Waals surface area contributed by atoms with Crippen molar-refractivity contribution < 1.29 is 9.59 Å². The van der Waals surface area contributed by atoms with Gasteiger partial charge < -0.3 is 0 Å². The number of hydrogen-bond donors (Lipinski definition) is 0. The number of carbonyl (C=O) groups excluding carboxylic acids is 2. The van der Waals surface area contributed by atoms with E-state index in [4.69, 9.17) is 0 Å². The lowest BCUT2D eigenvalue weighted by atomic mass is 9.95. The van der Waals surface area contributed by atoms with Gasteiger partial charge in [0.25, 0.3) is 11.8 Å². The molecule has 0 spiro atoms. The lowest BCUT2D eigenvalue weighted by Crippen LogP contribution is -2.30. The molecule has 0 saturated carbocycles. The molecule has 0 radical (unpaired) electrons. The van der Waals surface area contributed by atoms with E-state index in [1.165, 1.54) is 220 Å². The predicted molar refractivity (Wildman–Crippen MR) is 317 cm³/mol. The molecule has 0 saturated heterocycles. The molecule has 0 aliphatic carbocycles. The number of imide groups is 1. The van der Waals surface area contributed by atoms with Crippen LogP contribution in [0.2, 0.25) is 0 Å². The second-order valence-electron chi connectivity index (χ2n) is 20.9. The number of thiophene rings is 4. The van der Waals surface area contributed by atoms with E-state index in [0.717, 1.165) is 46.6 Å². The molecule has 1 aliphatic heterocycles. The summed E-state index contributed by atoms with van der Waals surface area (Å²) >= 11 is 7.33. The maximum Gasteiger partial charge on any atom is 0.262 e. The number of nitrogens with zero attached hydrogens (tertiary/aromatic N) is 1. The quantitative estimate of drug-likeness (QED) is 0.0292. The number of fused-ring (bicyclic) bond motifs is 1. The summed E-state index contributed by atoms with van der Waals surface area (Å²) in [6.07, 6.45) is 46.5. The molecule has 7 heteroatoms. The zero-order valence-corrected chi connectivity index (χ0v) is 48.3. The molecule has 388 valence electrons. The van der Waals surface area contributed by atoms with Crippen LogP contribution in [0.4, 0.5) is 0 Å². The van der Waals surface area contributed by atoms with Gasteiger partial charge in [0, 0.05) is 56.7 Å². The van der Waals surface area contributed by atoms with Crippen molar-refractivity contribution in [1.82, 2.24) is 4.90 Å². The molecule has 1 aromatic carbocycles. The molecule has 4 aromatic heterocycles. The van der Waals surface area contributed by atoms with Gasteiger partial charge in [-0.3, -0.25) is 14.5 Å². The van der Waals surface area contributed by atoms with Crippen LogP contribution in [0.15, 0.2) is 48.5 Å². The van der Waals surface area contributed by atoms with Crippen molar-refractivity contribution in [2.75, 3.05) is 6.54 Å². The van der Waals surface area contributed by atoms with Gasteiger partial charge in [-0.1, -0.05) is 206 Å². The maximum absolute atomic E-state index is 14.5. The van der Waals surface area contributed by atoms with Crippen molar-refractivity contribution in [2.45, 2.75) is 240 Å². The molecule has 5 aromatic rings. The maximum atomic E-state index is 14.5. The molecule has 0 atom stereocenters. The first kappa shape index (κ1) is 57.2. The third-order valence-corrected chi connectivity index (χ3v) is 19.3. The number of aryl methyl sites for hydroxylation is 4. The zero-order chi connectivity index (χ0) is 50.0. The Morgan fingerprint density at radius 1 is 0.380 bits per heavy atom. The van der Waals surface area contributed by atoms with Gasteiger partial charge in [0.15, 0.2) is 0 Å². The smallest absolute Gasteiger partial charge is 0.262 e. The van der Waals surface area contributed by atoms with Crippen LogP contribution in [0.1, 0.15) is 265 Å². The Morgan fingerprint density at radius 3 is 1.24 bits per heavy atom. The van der Waals surface area contributed by atoms with E-state index in [-0.39, 0.29) is 11.8 Å². The third kappa shape index (κ3) is 18.1. The first-order chi connectivity index (χ1) is 34.8. The topological polar surface area (TPSA) is 37.4 Å². The highest BCUT2D eigenvalue weighted by molar-refractivity contribution is 7.24. The number of rotatable bonds is 38. The number of unbranched alkanes of at least 4 members (excludes halogenated alkanes) is 27. The van der Waals surface area contributed by atoms with Crippen molar-refractivity contribution in [3.8, 4) is 30.6 Å². The molecule has 0 bridgehead atoms. The lowest BCUT2D eigenvalue weighted by Gasteiger charge is -2.13. The van der Waals surface area contributed by atoms with Crippen LogP contribution in [0.5, 0.6) is 0 Å². The van der Waals surface area contributed by atoms with Gasteiger partial charge in [0.1, 0.15) is 0 Å². The molecule has 2 amide bonds. The second kappa shape index (κ2) is 32.3. The van der Waals surface area contributed by atoms with E-state index in [9.17, 15) is 9.59 Å². The SMILES string of the molecule is CCCCCCCCCCCCc1cc(C)sc1/C=C/c1sc(-c2ccc(-c3ccc(-c4ccc(C)s4)c4c3C(=O)N(CCCCCCCCCCCC)C4=O)s2)cc1CCCCCCCCCCCC. The zero-order valence-electron chi connectivity index (χ0n) is 45.0. The van der Waals surface area contributed by atoms with Crippen molar-refractivity contribution in [1.29, 1.82) is 0 Å². The lowest BCUT2D eigenvalue weighted by molar-refractivity contribution is 0.0652. The van der Waals surface area contributed by atoms with Crippen LogP contribution >= 0.6 is 45.3 Å². The second-order valence-corrected chi connectivity index (χ2v) is 25.6. The first-order valence-corrected chi connectivity index (χ1v) is 32.2. The van der Waals surface area contributed by atoms with E-state index in [2.05, 4.69) is 95.3 Å². The number of carbonyl (C=O) groups is 2. The Balaban J connectivity index is 1.16. The Morgan fingerprint density at radius 2 is 0.775 bits per heavy atom. The number of amides is 2.